The first-order chi connectivity index (χ1) is 23.5. The molecule has 0 aliphatic heterocycles. The lowest BCUT2D eigenvalue weighted by Gasteiger charge is -2.32. The van der Waals surface area contributed by atoms with Gasteiger partial charge >= 0.3 is 5.97 Å². The number of allylic oxidation sites excluding steroid dienone is 2. The Morgan fingerprint density at radius 3 is 2.35 bits per heavy atom. The van der Waals surface area contributed by atoms with Crippen molar-refractivity contribution in [2.75, 3.05) is 41.8 Å². The molecule has 10 heteroatoms. The van der Waals surface area contributed by atoms with Crippen LogP contribution in [0.4, 0.5) is 0 Å². The maximum Gasteiger partial charge on any atom is 0.333 e. The van der Waals surface area contributed by atoms with Gasteiger partial charge in [0.05, 0.1) is 25.9 Å². The predicted octanol–water partition coefficient (Wildman–Crippen LogP) is 7.63. The van der Waals surface area contributed by atoms with Crippen molar-refractivity contribution in [1.29, 1.82) is 0 Å². The summed E-state index contributed by atoms with van der Waals surface area (Å²) >= 11 is 3.65. The molecule has 2 aromatic rings. The van der Waals surface area contributed by atoms with Crippen molar-refractivity contribution in [1.82, 2.24) is 0 Å². The van der Waals surface area contributed by atoms with Crippen LogP contribution in [0.3, 0.4) is 0 Å². The monoisotopic (exact) mass is 746 g/mol. The highest BCUT2D eigenvalue weighted by atomic mass is 79.9. The van der Waals surface area contributed by atoms with E-state index in [0.29, 0.717) is 42.3 Å². The van der Waals surface area contributed by atoms with Crippen molar-refractivity contribution in [3.63, 3.8) is 0 Å². The molecule has 2 rings (SSSR count). The number of halogens is 1. The summed E-state index contributed by atoms with van der Waals surface area (Å²) < 4.78 is 41.0. The third-order valence-corrected chi connectivity index (χ3v) is 8.58. The number of hydrogen-bond donors (Lipinski definition) is 1. The predicted molar refractivity (Wildman–Crippen MR) is 196 cm³/mol. The molecule has 6 atom stereocenters. The van der Waals surface area contributed by atoms with Gasteiger partial charge in [-0.2, -0.15) is 0 Å². The maximum absolute atomic E-state index is 11.9. The number of methoxy groups -OCH3 is 4. The standard InChI is InChI=1S/C39H55BrO9/c1-10-47-39(42)27(3)15-14-18-33(44-7)36(41)28(4)21-29(5)37(49-25-43-6)34(45-8)20-26(2)19-31-22-32(40)23-35(38(31)46-9)48-24-30-16-12-11-13-17-30/h11-18,21-23,26,29,33-34,36-37,41H,10,19-20,24-25H2,1-9H3/b18-14-,27-15+,28-21+/t26-,29+,33+,34+,36+,37-/m1/s1. The van der Waals surface area contributed by atoms with Crippen molar-refractivity contribution in [3.05, 3.63) is 93.5 Å². The summed E-state index contributed by atoms with van der Waals surface area (Å²) in [6.07, 6.45) is 6.23. The molecule has 9 nitrogen and oxygen atoms in total. The van der Waals surface area contributed by atoms with Crippen molar-refractivity contribution in [3.8, 4) is 11.5 Å². The molecule has 49 heavy (non-hydrogen) atoms. The SMILES string of the molecule is CCOC(=O)/C(C)=C/C=C\[C@H](OC)[C@@H](O)/C(C)=C/[C@H](C)[C@@H](OCOC)[C@H](C[C@H](C)Cc1cc(Br)cc(OCc2ccccc2)c1OC)OC. The van der Waals surface area contributed by atoms with E-state index in [1.807, 2.05) is 56.3 Å². The van der Waals surface area contributed by atoms with E-state index in [4.69, 9.17) is 33.2 Å². The van der Waals surface area contributed by atoms with E-state index in [9.17, 15) is 9.90 Å². The summed E-state index contributed by atoms with van der Waals surface area (Å²) in [4.78, 5) is 11.9. The van der Waals surface area contributed by atoms with E-state index in [1.54, 1.807) is 53.4 Å². The molecule has 2 aromatic carbocycles. The molecular weight excluding hydrogens is 692 g/mol. The Kier molecular flexibility index (Phi) is 19.5. The average Bonchev–Trinajstić information content (AvgIpc) is 3.08. The highest BCUT2D eigenvalue weighted by Crippen LogP contribution is 2.37. The van der Waals surface area contributed by atoms with Crippen molar-refractivity contribution in [2.24, 2.45) is 11.8 Å². The number of ether oxygens (including phenoxy) is 7. The maximum atomic E-state index is 11.9. The first-order valence-corrected chi connectivity index (χ1v) is 17.4. The number of hydrogen-bond acceptors (Lipinski definition) is 9. The van der Waals surface area contributed by atoms with Crippen LogP contribution in [0.2, 0.25) is 0 Å². The van der Waals surface area contributed by atoms with Crippen LogP contribution < -0.4 is 9.47 Å². The number of rotatable bonds is 22. The first kappa shape index (κ1) is 42.2. The zero-order valence-corrected chi connectivity index (χ0v) is 32.0. The highest BCUT2D eigenvalue weighted by Gasteiger charge is 2.30. The Morgan fingerprint density at radius 2 is 1.73 bits per heavy atom. The third kappa shape index (κ3) is 14.0. The second-order valence-corrected chi connectivity index (χ2v) is 13.0. The Hall–Kier alpha value is -2.99. The topological polar surface area (TPSA) is 102 Å². The Balaban J connectivity index is 2.21. The third-order valence-electron chi connectivity index (χ3n) is 8.13. The molecule has 0 saturated carbocycles. The van der Waals surface area contributed by atoms with Crippen LogP contribution in [-0.2, 0) is 41.5 Å². The summed E-state index contributed by atoms with van der Waals surface area (Å²) in [6, 6.07) is 14.0. The molecule has 0 heterocycles. The normalized spacial score (nSPS) is 16.1. The molecule has 0 aliphatic rings. The zero-order valence-electron chi connectivity index (χ0n) is 30.4. The minimum atomic E-state index is -0.926. The lowest BCUT2D eigenvalue weighted by Crippen LogP contribution is -2.38. The van der Waals surface area contributed by atoms with Crippen LogP contribution >= 0.6 is 15.9 Å². The van der Waals surface area contributed by atoms with Gasteiger partial charge in [0.25, 0.3) is 0 Å². The molecule has 0 radical (unpaired) electrons. The van der Waals surface area contributed by atoms with Gasteiger partial charge in [0.15, 0.2) is 11.5 Å². The molecular formula is C39H55BrO9. The van der Waals surface area contributed by atoms with Gasteiger partial charge in [0.2, 0.25) is 0 Å². The molecule has 1 N–H and O–H groups in total. The van der Waals surface area contributed by atoms with Crippen LogP contribution in [0.25, 0.3) is 0 Å². The summed E-state index contributed by atoms with van der Waals surface area (Å²) in [5.41, 5.74) is 3.26. The van der Waals surface area contributed by atoms with E-state index in [-0.39, 0.29) is 36.8 Å². The van der Waals surface area contributed by atoms with E-state index in [1.165, 1.54) is 7.11 Å². The summed E-state index contributed by atoms with van der Waals surface area (Å²) in [7, 11) is 6.46. The largest absolute Gasteiger partial charge is 0.493 e. The number of aliphatic hydroxyl groups is 1. The molecule has 0 aromatic heterocycles. The van der Waals surface area contributed by atoms with Crippen LogP contribution in [0.5, 0.6) is 11.5 Å². The number of esters is 1. The lowest BCUT2D eigenvalue weighted by molar-refractivity contribution is -0.138. The minimum Gasteiger partial charge on any atom is -0.493 e. The van der Waals surface area contributed by atoms with Crippen LogP contribution in [0, 0.1) is 11.8 Å². The van der Waals surface area contributed by atoms with Crippen molar-refractivity contribution in [2.45, 2.75) is 78.5 Å². The zero-order chi connectivity index (χ0) is 36.3. The summed E-state index contributed by atoms with van der Waals surface area (Å²) in [5, 5.41) is 11.2. The Bertz CT molecular complexity index is 1360. The Morgan fingerprint density at radius 1 is 1.02 bits per heavy atom. The summed E-state index contributed by atoms with van der Waals surface area (Å²) in [6.45, 7) is 10.3. The van der Waals surface area contributed by atoms with Gasteiger partial charge < -0.3 is 38.3 Å². The number of benzene rings is 2. The van der Waals surface area contributed by atoms with E-state index >= 15 is 0 Å². The fraction of sp³-hybridized carbons (Fsp3) is 0.513. The van der Waals surface area contributed by atoms with Crippen molar-refractivity contribution < 1.29 is 43.1 Å². The van der Waals surface area contributed by atoms with Gasteiger partial charge in [0.1, 0.15) is 25.6 Å². The van der Waals surface area contributed by atoms with Gasteiger partial charge in [-0.25, -0.2) is 4.79 Å². The lowest BCUT2D eigenvalue weighted by atomic mass is 9.88. The van der Waals surface area contributed by atoms with Gasteiger partial charge in [-0.1, -0.05) is 84.4 Å². The van der Waals surface area contributed by atoms with E-state index in [2.05, 4.69) is 28.9 Å². The second kappa shape index (κ2) is 22.7. The molecule has 0 spiro atoms. The highest BCUT2D eigenvalue weighted by molar-refractivity contribution is 9.10. The Labute approximate surface area is 301 Å². The molecule has 0 amide bonds. The van der Waals surface area contributed by atoms with Gasteiger partial charge in [-0.05, 0) is 68.4 Å². The van der Waals surface area contributed by atoms with Crippen molar-refractivity contribution >= 4 is 21.9 Å². The van der Waals surface area contributed by atoms with E-state index < -0.39 is 12.2 Å². The summed E-state index contributed by atoms with van der Waals surface area (Å²) in [5.74, 6) is 1.04. The molecule has 0 saturated heterocycles. The number of carbonyl (C=O) groups excluding carboxylic acids is 1. The van der Waals surface area contributed by atoms with Crippen LogP contribution in [0.1, 0.15) is 52.2 Å². The molecule has 0 fully saturated rings. The molecule has 0 aliphatic carbocycles. The smallest absolute Gasteiger partial charge is 0.333 e. The fourth-order valence-electron chi connectivity index (χ4n) is 5.61. The van der Waals surface area contributed by atoms with Gasteiger partial charge in [0, 0.05) is 37.3 Å². The quantitative estimate of drug-likeness (QED) is 0.0429. The van der Waals surface area contributed by atoms with E-state index in [0.717, 1.165) is 22.0 Å². The first-order valence-electron chi connectivity index (χ1n) is 16.6. The molecule has 0 unspecified atom stereocenters. The van der Waals surface area contributed by atoms with Crippen LogP contribution in [0.15, 0.2) is 82.4 Å². The van der Waals surface area contributed by atoms with Gasteiger partial charge in [-0.15, -0.1) is 0 Å². The molecule has 0 bridgehead atoms. The van der Waals surface area contributed by atoms with Gasteiger partial charge in [-0.3, -0.25) is 0 Å². The van der Waals surface area contributed by atoms with Crippen LogP contribution in [-0.4, -0.2) is 77.3 Å². The number of carbonyl (C=O) groups is 1. The minimum absolute atomic E-state index is 0.0931. The second-order valence-electron chi connectivity index (χ2n) is 12.1. The number of aliphatic hydroxyl groups excluding tert-OH is 1. The molecule has 272 valence electrons. The fourth-order valence-corrected chi connectivity index (χ4v) is 6.10. The average molecular weight is 748 g/mol.